The van der Waals surface area contributed by atoms with Crippen LogP contribution in [0.3, 0.4) is 0 Å². The molecule has 2 rings (SSSR count). The molecule has 1 aromatic heterocycles. The van der Waals surface area contributed by atoms with E-state index in [0.717, 1.165) is 18.5 Å². The van der Waals surface area contributed by atoms with Gasteiger partial charge in [0.2, 0.25) is 5.91 Å². The zero-order valence-corrected chi connectivity index (χ0v) is 13.0. The molecule has 1 fully saturated rings. The summed E-state index contributed by atoms with van der Waals surface area (Å²) in [6, 6.07) is 4.24. The number of aryl methyl sites for hydroxylation is 1. The van der Waals surface area contributed by atoms with E-state index >= 15 is 0 Å². The molecular weight excluding hydrogens is 250 g/mol. The van der Waals surface area contributed by atoms with Crippen molar-refractivity contribution in [3.05, 3.63) is 24.0 Å². The molecule has 1 heterocycles. The zero-order valence-electron chi connectivity index (χ0n) is 13.0. The first kappa shape index (κ1) is 15.1. The fourth-order valence-corrected chi connectivity index (χ4v) is 3.30. The number of carbonyl (C=O) groups excluding carboxylic acids is 1. The predicted octanol–water partition coefficient (Wildman–Crippen LogP) is 2.04. The average Bonchev–Trinajstić information content (AvgIpc) is 2.79. The van der Waals surface area contributed by atoms with Gasteiger partial charge in [-0.1, -0.05) is 20.8 Å². The van der Waals surface area contributed by atoms with E-state index in [2.05, 4.69) is 26.1 Å². The number of amides is 1. The minimum Gasteiger partial charge on any atom is -0.353 e. The van der Waals surface area contributed by atoms with Gasteiger partial charge in [-0.25, -0.2) is 0 Å². The quantitative estimate of drug-likeness (QED) is 0.888. The van der Waals surface area contributed by atoms with Crippen molar-refractivity contribution in [3.8, 4) is 0 Å². The maximum Gasteiger partial charge on any atom is 0.223 e. The van der Waals surface area contributed by atoms with Crippen molar-refractivity contribution in [1.82, 2.24) is 9.88 Å². The minimum absolute atomic E-state index is 0.0457. The summed E-state index contributed by atoms with van der Waals surface area (Å²) in [6.45, 7) is 7.10. The van der Waals surface area contributed by atoms with Gasteiger partial charge in [0.1, 0.15) is 0 Å². The largest absolute Gasteiger partial charge is 0.353 e. The molecule has 112 valence electrons. The van der Waals surface area contributed by atoms with Crippen LogP contribution >= 0.6 is 0 Å². The van der Waals surface area contributed by atoms with Crippen LogP contribution < -0.4 is 11.1 Å². The van der Waals surface area contributed by atoms with Crippen LogP contribution in [0.25, 0.3) is 0 Å². The fourth-order valence-electron chi connectivity index (χ4n) is 3.30. The second-order valence-electron chi connectivity index (χ2n) is 6.73. The van der Waals surface area contributed by atoms with E-state index in [1.807, 2.05) is 29.9 Å². The van der Waals surface area contributed by atoms with Crippen LogP contribution in [0.4, 0.5) is 0 Å². The number of nitrogens with zero attached hydrogens (tertiary/aromatic N) is 1. The van der Waals surface area contributed by atoms with Gasteiger partial charge >= 0.3 is 0 Å². The molecule has 1 aromatic rings. The molecule has 3 atom stereocenters. The van der Waals surface area contributed by atoms with E-state index in [-0.39, 0.29) is 23.3 Å². The van der Waals surface area contributed by atoms with E-state index < -0.39 is 0 Å². The van der Waals surface area contributed by atoms with Crippen LogP contribution in [-0.2, 0) is 18.4 Å². The second-order valence-corrected chi connectivity index (χ2v) is 6.73. The van der Waals surface area contributed by atoms with Crippen molar-refractivity contribution in [1.29, 1.82) is 0 Å². The molecule has 0 radical (unpaired) electrons. The minimum atomic E-state index is -0.0457. The molecule has 1 saturated carbocycles. The Hall–Kier alpha value is -1.29. The van der Waals surface area contributed by atoms with Crippen LogP contribution in [0, 0.1) is 17.3 Å². The molecule has 0 aromatic carbocycles. The molecular formula is C16H27N3O. The number of hydrogen-bond acceptors (Lipinski definition) is 2. The van der Waals surface area contributed by atoms with Crippen LogP contribution in [0.15, 0.2) is 18.3 Å². The SMILES string of the molecule is CC1C(N)CCC(C(=O)NCc2cccn2C)C1(C)C. The van der Waals surface area contributed by atoms with Crippen molar-refractivity contribution in [3.63, 3.8) is 0 Å². The molecule has 3 N–H and O–H groups in total. The Labute approximate surface area is 121 Å². The highest BCUT2D eigenvalue weighted by molar-refractivity contribution is 5.79. The number of rotatable bonds is 3. The summed E-state index contributed by atoms with van der Waals surface area (Å²) in [5.74, 6) is 0.578. The fraction of sp³-hybridized carbons (Fsp3) is 0.688. The molecule has 0 spiro atoms. The van der Waals surface area contributed by atoms with Crippen LogP contribution in [0.1, 0.15) is 39.3 Å². The topological polar surface area (TPSA) is 60.1 Å². The van der Waals surface area contributed by atoms with Gasteiger partial charge in [0, 0.05) is 30.9 Å². The highest BCUT2D eigenvalue weighted by atomic mass is 16.1. The zero-order chi connectivity index (χ0) is 14.9. The van der Waals surface area contributed by atoms with Gasteiger partial charge in [-0.3, -0.25) is 4.79 Å². The lowest BCUT2D eigenvalue weighted by Crippen LogP contribution is -2.51. The third kappa shape index (κ3) is 2.75. The van der Waals surface area contributed by atoms with E-state index in [4.69, 9.17) is 5.73 Å². The highest BCUT2D eigenvalue weighted by Crippen LogP contribution is 2.44. The molecule has 4 nitrogen and oxygen atoms in total. The van der Waals surface area contributed by atoms with Crippen LogP contribution in [0.2, 0.25) is 0 Å². The van der Waals surface area contributed by atoms with E-state index in [1.165, 1.54) is 0 Å². The standard InChI is InChI=1S/C16H27N3O/c1-11-14(17)8-7-13(16(11,2)3)15(20)18-10-12-6-5-9-19(12)4/h5-6,9,11,13-14H,7-8,10,17H2,1-4H3,(H,18,20). The van der Waals surface area contributed by atoms with Gasteiger partial charge < -0.3 is 15.6 Å². The lowest BCUT2D eigenvalue weighted by Gasteiger charge is -2.46. The summed E-state index contributed by atoms with van der Waals surface area (Å²) in [6.07, 6.45) is 3.82. The highest BCUT2D eigenvalue weighted by Gasteiger charge is 2.44. The van der Waals surface area contributed by atoms with E-state index in [9.17, 15) is 4.79 Å². The number of carbonyl (C=O) groups is 1. The molecule has 0 bridgehead atoms. The van der Waals surface area contributed by atoms with Gasteiger partial charge in [-0.2, -0.15) is 0 Å². The number of hydrogen-bond donors (Lipinski definition) is 2. The van der Waals surface area contributed by atoms with E-state index in [1.54, 1.807) is 0 Å². The number of aromatic nitrogens is 1. The van der Waals surface area contributed by atoms with Gasteiger partial charge in [0.05, 0.1) is 6.54 Å². The smallest absolute Gasteiger partial charge is 0.223 e. The molecule has 1 aliphatic rings. The Morgan fingerprint density at radius 1 is 1.50 bits per heavy atom. The maximum absolute atomic E-state index is 12.5. The third-order valence-corrected chi connectivity index (χ3v) is 5.31. The Morgan fingerprint density at radius 3 is 2.80 bits per heavy atom. The lowest BCUT2D eigenvalue weighted by molar-refractivity contribution is -0.132. The molecule has 4 heteroatoms. The first-order valence-corrected chi connectivity index (χ1v) is 7.47. The normalized spacial score (nSPS) is 29.1. The van der Waals surface area contributed by atoms with Gasteiger partial charge in [-0.15, -0.1) is 0 Å². The van der Waals surface area contributed by atoms with Crippen molar-refractivity contribution < 1.29 is 4.79 Å². The number of nitrogens with two attached hydrogens (primary N) is 1. The summed E-state index contributed by atoms with van der Waals surface area (Å²) >= 11 is 0. The first-order valence-electron chi connectivity index (χ1n) is 7.47. The first-order chi connectivity index (χ1) is 9.34. The Kier molecular flexibility index (Phi) is 4.23. The summed E-state index contributed by atoms with van der Waals surface area (Å²) in [7, 11) is 1.99. The van der Waals surface area contributed by atoms with Crippen LogP contribution in [-0.4, -0.2) is 16.5 Å². The van der Waals surface area contributed by atoms with Gasteiger partial charge in [-0.05, 0) is 36.3 Å². The molecule has 3 unspecified atom stereocenters. The van der Waals surface area contributed by atoms with Gasteiger partial charge in [0.15, 0.2) is 0 Å². The monoisotopic (exact) mass is 277 g/mol. The van der Waals surface area contributed by atoms with Crippen molar-refractivity contribution in [2.24, 2.45) is 30.0 Å². The lowest BCUT2D eigenvalue weighted by atomic mass is 9.61. The van der Waals surface area contributed by atoms with E-state index in [0.29, 0.717) is 12.5 Å². The Morgan fingerprint density at radius 2 is 2.20 bits per heavy atom. The molecule has 0 aliphatic heterocycles. The Bertz CT molecular complexity index is 478. The number of nitrogens with one attached hydrogen (secondary N) is 1. The summed E-state index contributed by atoms with van der Waals surface area (Å²) < 4.78 is 2.03. The van der Waals surface area contributed by atoms with Crippen molar-refractivity contribution in [2.75, 3.05) is 0 Å². The third-order valence-electron chi connectivity index (χ3n) is 5.31. The predicted molar refractivity (Wildman–Crippen MR) is 80.9 cm³/mol. The summed E-state index contributed by atoms with van der Waals surface area (Å²) in [5.41, 5.74) is 7.23. The van der Waals surface area contributed by atoms with Crippen molar-refractivity contribution >= 4 is 5.91 Å². The molecule has 0 saturated heterocycles. The summed E-state index contributed by atoms with van der Waals surface area (Å²) in [4.78, 5) is 12.5. The molecule has 1 aliphatic carbocycles. The Balaban J connectivity index is 2.00. The molecule has 1 amide bonds. The van der Waals surface area contributed by atoms with Crippen LogP contribution in [0.5, 0.6) is 0 Å². The average molecular weight is 277 g/mol. The maximum atomic E-state index is 12.5. The van der Waals surface area contributed by atoms with Gasteiger partial charge in [0.25, 0.3) is 0 Å². The second kappa shape index (κ2) is 5.60. The van der Waals surface area contributed by atoms with Crippen molar-refractivity contribution in [2.45, 2.75) is 46.2 Å². The summed E-state index contributed by atoms with van der Waals surface area (Å²) in [5, 5.41) is 3.09. The molecule has 20 heavy (non-hydrogen) atoms.